The van der Waals surface area contributed by atoms with Crippen LogP contribution in [0.5, 0.6) is 5.75 Å². The monoisotopic (exact) mass is 256 g/mol. The van der Waals surface area contributed by atoms with Crippen LogP contribution in [-0.2, 0) is 6.42 Å². The highest BCUT2D eigenvalue weighted by atomic mass is 16.5. The maximum Gasteiger partial charge on any atom is 0.192 e. The van der Waals surface area contributed by atoms with E-state index in [0.29, 0.717) is 23.2 Å². The fraction of sp³-hybridized carbons (Fsp3) is 0.312. The number of fused-ring (bicyclic) bond motifs is 3. The molecule has 2 heterocycles. The molecule has 98 valence electrons. The molecule has 0 aliphatic carbocycles. The number of ether oxygens (including phenoxy) is 1. The van der Waals surface area contributed by atoms with Gasteiger partial charge in [-0.2, -0.15) is 0 Å². The second-order valence-corrected chi connectivity index (χ2v) is 5.32. The van der Waals surface area contributed by atoms with E-state index in [9.17, 15) is 4.79 Å². The van der Waals surface area contributed by atoms with Gasteiger partial charge in [-0.05, 0) is 38.1 Å². The van der Waals surface area contributed by atoms with Crippen LogP contribution in [-0.4, -0.2) is 5.60 Å². The zero-order chi connectivity index (χ0) is 13.6. The molecule has 0 unspecified atom stereocenters. The van der Waals surface area contributed by atoms with Gasteiger partial charge in [-0.15, -0.1) is 0 Å². The van der Waals surface area contributed by atoms with E-state index < -0.39 is 0 Å². The smallest absolute Gasteiger partial charge is 0.192 e. The first-order valence-corrected chi connectivity index (χ1v) is 6.48. The summed E-state index contributed by atoms with van der Waals surface area (Å²) in [6.45, 7) is 5.96. The number of benzene rings is 1. The molecule has 0 saturated heterocycles. The van der Waals surface area contributed by atoms with E-state index in [1.54, 1.807) is 12.1 Å². The molecule has 19 heavy (non-hydrogen) atoms. The lowest BCUT2D eigenvalue weighted by atomic mass is 10.0. The molecule has 0 radical (unpaired) electrons. The first kappa shape index (κ1) is 12.0. The highest BCUT2D eigenvalue weighted by molar-refractivity contribution is 5.89. The Morgan fingerprint density at radius 2 is 2.05 bits per heavy atom. The Morgan fingerprint density at radius 3 is 2.79 bits per heavy atom. The number of rotatable bonds is 1. The largest absolute Gasteiger partial charge is 0.483 e. The molecule has 2 aromatic rings. The average Bonchev–Trinajstić information content (AvgIpc) is 2.36. The van der Waals surface area contributed by atoms with Crippen LogP contribution in [0.1, 0.15) is 32.1 Å². The van der Waals surface area contributed by atoms with Crippen molar-refractivity contribution < 1.29 is 9.15 Å². The van der Waals surface area contributed by atoms with Crippen LogP contribution >= 0.6 is 0 Å². The van der Waals surface area contributed by atoms with Crippen LogP contribution < -0.4 is 10.2 Å². The maximum atomic E-state index is 12.0. The minimum Gasteiger partial charge on any atom is -0.483 e. The SMILES string of the molecule is CCc1cc(=O)c2ccc3c(c2o1)C=CC(C)(C)O3. The molecule has 3 rings (SSSR count). The lowest BCUT2D eigenvalue weighted by molar-refractivity contribution is 0.159. The average molecular weight is 256 g/mol. The standard InChI is InChI=1S/C16H16O3/c1-4-10-9-13(17)11-5-6-14-12(15(11)18-10)7-8-16(2,3)19-14/h5-9H,4H2,1-3H3. The maximum absolute atomic E-state index is 12.0. The second kappa shape index (κ2) is 3.98. The molecule has 1 aromatic carbocycles. The van der Waals surface area contributed by atoms with E-state index in [2.05, 4.69) is 0 Å². The van der Waals surface area contributed by atoms with Crippen molar-refractivity contribution in [2.45, 2.75) is 32.8 Å². The van der Waals surface area contributed by atoms with Gasteiger partial charge in [0.1, 0.15) is 22.7 Å². The van der Waals surface area contributed by atoms with Crippen LogP contribution in [0.15, 0.2) is 33.5 Å². The van der Waals surface area contributed by atoms with Crippen LogP contribution in [0, 0.1) is 0 Å². The van der Waals surface area contributed by atoms with Gasteiger partial charge in [0.25, 0.3) is 0 Å². The first-order chi connectivity index (χ1) is 9.00. The van der Waals surface area contributed by atoms with E-state index in [0.717, 1.165) is 11.3 Å². The van der Waals surface area contributed by atoms with Gasteiger partial charge in [0, 0.05) is 12.5 Å². The third-order valence-corrected chi connectivity index (χ3v) is 3.32. The summed E-state index contributed by atoms with van der Waals surface area (Å²) in [5.41, 5.74) is 1.14. The van der Waals surface area contributed by atoms with Crippen molar-refractivity contribution >= 4 is 17.0 Å². The quantitative estimate of drug-likeness (QED) is 0.783. The van der Waals surface area contributed by atoms with Crippen LogP contribution in [0.25, 0.3) is 17.0 Å². The summed E-state index contributed by atoms with van der Waals surface area (Å²) in [7, 11) is 0. The third-order valence-electron chi connectivity index (χ3n) is 3.32. The van der Waals surface area contributed by atoms with Gasteiger partial charge in [0.15, 0.2) is 5.43 Å². The molecule has 0 saturated carbocycles. The zero-order valence-electron chi connectivity index (χ0n) is 11.3. The van der Waals surface area contributed by atoms with Crippen molar-refractivity contribution in [1.82, 2.24) is 0 Å². The minimum atomic E-state index is -0.330. The van der Waals surface area contributed by atoms with Crippen molar-refractivity contribution in [1.29, 1.82) is 0 Å². The van der Waals surface area contributed by atoms with Gasteiger partial charge >= 0.3 is 0 Å². The van der Waals surface area contributed by atoms with E-state index >= 15 is 0 Å². The third kappa shape index (κ3) is 1.95. The second-order valence-electron chi connectivity index (χ2n) is 5.32. The Morgan fingerprint density at radius 1 is 1.26 bits per heavy atom. The van der Waals surface area contributed by atoms with Gasteiger partial charge in [-0.25, -0.2) is 0 Å². The molecule has 0 fully saturated rings. The van der Waals surface area contributed by atoms with Gasteiger partial charge in [-0.1, -0.05) is 6.92 Å². The van der Waals surface area contributed by atoms with Crippen molar-refractivity contribution in [2.75, 3.05) is 0 Å². The van der Waals surface area contributed by atoms with Gasteiger partial charge in [0.05, 0.1) is 10.9 Å². The molecule has 0 N–H and O–H groups in total. The number of hydrogen-bond donors (Lipinski definition) is 0. The van der Waals surface area contributed by atoms with E-state index in [4.69, 9.17) is 9.15 Å². The summed E-state index contributed by atoms with van der Waals surface area (Å²) < 4.78 is 11.7. The van der Waals surface area contributed by atoms with Crippen molar-refractivity contribution in [2.24, 2.45) is 0 Å². The summed E-state index contributed by atoms with van der Waals surface area (Å²) in [4.78, 5) is 12.0. The Hall–Kier alpha value is -2.03. The van der Waals surface area contributed by atoms with Gasteiger partial charge in [-0.3, -0.25) is 4.79 Å². The molecule has 1 aromatic heterocycles. The van der Waals surface area contributed by atoms with Gasteiger partial charge in [0.2, 0.25) is 0 Å². The van der Waals surface area contributed by atoms with Gasteiger partial charge < -0.3 is 9.15 Å². The Bertz CT molecular complexity index is 735. The van der Waals surface area contributed by atoms with Crippen LogP contribution in [0.4, 0.5) is 0 Å². The molecular formula is C16H16O3. The number of hydrogen-bond acceptors (Lipinski definition) is 3. The topological polar surface area (TPSA) is 39.4 Å². The highest BCUT2D eigenvalue weighted by Crippen LogP contribution is 2.35. The molecule has 1 aliphatic heterocycles. The van der Waals surface area contributed by atoms with Crippen LogP contribution in [0.2, 0.25) is 0 Å². The molecule has 0 amide bonds. The Kier molecular flexibility index (Phi) is 2.52. The summed E-state index contributed by atoms with van der Waals surface area (Å²) in [5, 5.41) is 0.601. The lowest BCUT2D eigenvalue weighted by Crippen LogP contribution is -2.27. The van der Waals surface area contributed by atoms with E-state index in [-0.39, 0.29) is 11.0 Å². The predicted molar refractivity (Wildman–Crippen MR) is 75.6 cm³/mol. The minimum absolute atomic E-state index is 0.000802. The molecule has 0 atom stereocenters. The van der Waals surface area contributed by atoms with Crippen molar-refractivity contribution in [3.63, 3.8) is 0 Å². The highest BCUT2D eigenvalue weighted by Gasteiger charge is 2.24. The fourth-order valence-corrected chi connectivity index (χ4v) is 2.29. The summed E-state index contributed by atoms with van der Waals surface area (Å²) in [6, 6.07) is 5.17. The lowest BCUT2D eigenvalue weighted by Gasteiger charge is -2.27. The Balaban J connectivity index is 2.34. The molecular weight excluding hydrogens is 240 g/mol. The summed E-state index contributed by atoms with van der Waals surface area (Å²) in [5.74, 6) is 1.46. The molecule has 0 spiro atoms. The van der Waals surface area contributed by atoms with Crippen LogP contribution in [0.3, 0.4) is 0 Å². The predicted octanol–water partition coefficient (Wildman–Crippen LogP) is 3.54. The molecule has 1 aliphatic rings. The zero-order valence-corrected chi connectivity index (χ0v) is 11.3. The summed E-state index contributed by atoms with van der Waals surface area (Å²) in [6.07, 6.45) is 4.65. The first-order valence-electron chi connectivity index (χ1n) is 6.48. The molecule has 3 heteroatoms. The van der Waals surface area contributed by atoms with E-state index in [1.807, 2.05) is 39.0 Å². The molecule has 3 nitrogen and oxygen atoms in total. The number of aryl methyl sites for hydroxylation is 1. The van der Waals surface area contributed by atoms with E-state index in [1.165, 1.54) is 0 Å². The normalized spacial score (nSPS) is 16.2. The summed E-state index contributed by atoms with van der Waals surface area (Å²) >= 11 is 0. The molecule has 0 bridgehead atoms. The van der Waals surface area contributed by atoms with Crippen molar-refractivity contribution in [3.8, 4) is 5.75 Å². The van der Waals surface area contributed by atoms with Crippen molar-refractivity contribution in [3.05, 3.63) is 45.8 Å². The Labute approximate surface area is 111 Å². The fourth-order valence-electron chi connectivity index (χ4n) is 2.29.